The Morgan fingerprint density at radius 2 is 1.83 bits per heavy atom. The van der Waals surface area contributed by atoms with Crippen LogP contribution >= 0.6 is 0 Å². The van der Waals surface area contributed by atoms with E-state index in [4.69, 9.17) is 0 Å². The molecule has 0 aliphatic carbocycles. The van der Waals surface area contributed by atoms with E-state index in [0.717, 1.165) is 11.4 Å². The van der Waals surface area contributed by atoms with Crippen LogP contribution in [0.25, 0.3) is 0 Å². The number of hydrogen-bond donors (Lipinski definition) is 1. The molecule has 0 radical (unpaired) electrons. The van der Waals surface area contributed by atoms with Gasteiger partial charge >= 0.3 is 0 Å². The lowest BCUT2D eigenvalue weighted by Gasteiger charge is -2.15. The molecule has 0 heterocycles. The van der Waals surface area contributed by atoms with Crippen molar-refractivity contribution in [1.82, 2.24) is 5.32 Å². The van der Waals surface area contributed by atoms with Crippen molar-refractivity contribution >= 4 is 0 Å². The second-order valence-corrected chi connectivity index (χ2v) is 3.28. The molecular weight excluding hydrogens is 146 g/mol. The molecule has 1 N–H and O–H groups in total. The summed E-state index contributed by atoms with van der Waals surface area (Å²) in [6, 6.07) is 0. The fraction of sp³-hybridized carbons (Fsp3) is 0.455. The van der Waals surface area contributed by atoms with Crippen molar-refractivity contribution in [2.45, 2.75) is 27.7 Å². The largest absolute Gasteiger partial charge is 0.360 e. The minimum atomic E-state index is 0.509. The minimum Gasteiger partial charge on any atom is -0.360 e. The molecule has 0 saturated heterocycles. The van der Waals surface area contributed by atoms with Crippen molar-refractivity contribution in [3.8, 4) is 0 Å². The Bertz CT molecular complexity index is 209. The highest BCUT2D eigenvalue weighted by Gasteiger charge is 2.05. The Balaban J connectivity index is 4.35. The maximum atomic E-state index is 3.95. The van der Waals surface area contributed by atoms with E-state index in [0.29, 0.717) is 5.92 Å². The zero-order chi connectivity index (χ0) is 9.72. The van der Waals surface area contributed by atoms with Crippen LogP contribution in [0.3, 0.4) is 0 Å². The van der Waals surface area contributed by atoms with Gasteiger partial charge in [-0.05, 0) is 25.3 Å². The van der Waals surface area contributed by atoms with Gasteiger partial charge < -0.3 is 5.32 Å². The Kier molecular flexibility index (Phi) is 4.42. The quantitative estimate of drug-likeness (QED) is 0.631. The first-order chi connectivity index (χ1) is 5.49. The van der Waals surface area contributed by atoms with Crippen molar-refractivity contribution in [2.24, 2.45) is 5.92 Å². The fourth-order valence-corrected chi connectivity index (χ4v) is 1.19. The minimum absolute atomic E-state index is 0.509. The zero-order valence-electron chi connectivity index (χ0n) is 8.57. The normalized spacial score (nSPS) is 11.6. The maximum absolute atomic E-state index is 3.95. The van der Waals surface area contributed by atoms with E-state index >= 15 is 0 Å². The Labute approximate surface area is 75.9 Å². The summed E-state index contributed by atoms with van der Waals surface area (Å²) in [5, 5.41) is 3.12. The average Bonchev–Trinajstić information content (AvgIpc) is 1.85. The molecule has 0 spiro atoms. The molecule has 0 saturated carbocycles. The molecule has 0 amide bonds. The van der Waals surface area contributed by atoms with Crippen LogP contribution < -0.4 is 5.32 Å². The monoisotopic (exact) mass is 165 g/mol. The summed E-state index contributed by atoms with van der Waals surface area (Å²) in [7, 11) is 0. The van der Waals surface area contributed by atoms with Gasteiger partial charge in [0.1, 0.15) is 0 Å². The second-order valence-electron chi connectivity index (χ2n) is 3.28. The van der Waals surface area contributed by atoms with Gasteiger partial charge in [-0.25, -0.2) is 0 Å². The third-order valence-electron chi connectivity index (χ3n) is 1.65. The number of nitrogens with one attached hydrogen (secondary N) is 1. The molecule has 12 heavy (non-hydrogen) atoms. The van der Waals surface area contributed by atoms with E-state index in [1.807, 2.05) is 13.8 Å². The molecule has 0 aliphatic rings. The molecule has 68 valence electrons. The summed E-state index contributed by atoms with van der Waals surface area (Å²) in [4.78, 5) is 0. The molecule has 0 aromatic carbocycles. The van der Waals surface area contributed by atoms with E-state index in [9.17, 15) is 0 Å². The first-order valence-corrected chi connectivity index (χ1v) is 4.27. The lowest BCUT2D eigenvalue weighted by atomic mass is 10.0. The van der Waals surface area contributed by atoms with Crippen LogP contribution in [-0.4, -0.2) is 0 Å². The van der Waals surface area contributed by atoms with E-state index in [1.54, 1.807) is 0 Å². The SMILES string of the molecule is C=C(C)NC(=C)/C(=C\C)C(C)C. The highest BCUT2D eigenvalue weighted by Crippen LogP contribution is 2.16. The standard InChI is InChI=1S/C11H19N/c1-7-11(8(2)3)10(6)12-9(4)5/h7-8,12H,4,6H2,1-3,5H3/b11-7-. The fourth-order valence-electron chi connectivity index (χ4n) is 1.19. The summed E-state index contributed by atoms with van der Waals surface area (Å²) >= 11 is 0. The van der Waals surface area contributed by atoms with Crippen molar-refractivity contribution in [3.05, 3.63) is 36.2 Å². The molecule has 1 heteroatoms. The summed E-state index contributed by atoms with van der Waals surface area (Å²) < 4.78 is 0. The molecule has 0 aliphatic heterocycles. The number of allylic oxidation sites excluding steroid dienone is 3. The Morgan fingerprint density at radius 1 is 1.33 bits per heavy atom. The third kappa shape index (κ3) is 3.42. The Morgan fingerprint density at radius 3 is 2.08 bits per heavy atom. The van der Waals surface area contributed by atoms with Gasteiger partial charge in [-0.2, -0.15) is 0 Å². The Hall–Kier alpha value is -0.980. The molecule has 0 unspecified atom stereocenters. The van der Waals surface area contributed by atoms with Crippen molar-refractivity contribution in [3.63, 3.8) is 0 Å². The lowest BCUT2D eigenvalue weighted by molar-refractivity contribution is 0.754. The van der Waals surface area contributed by atoms with E-state index in [-0.39, 0.29) is 0 Å². The van der Waals surface area contributed by atoms with Crippen molar-refractivity contribution in [2.75, 3.05) is 0 Å². The highest BCUT2D eigenvalue weighted by atomic mass is 14.9. The van der Waals surface area contributed by atoms with Crippen LogP contribution in [0.4, 0.5) is 0 Å². The zero-order valence-corrected chi connectivity index (χ0v) is 8.57. The molecule has 0 aromatic heterocycles. The summed E-state index contributed by atoms with van der Waals surface area (Å²) in [6.45, 7) is 16.0. The molecule has 0 bridgehead atoms. The smallest absolute Gasteiger partial charge is 0.0340 e. The van der Waals surface area contributed by atoms with Crippen molar-refractivity contribution < 1.29 is 0 Å². The van der Waals surface area contributed by atoms with E-state index < -0.39 is 0 Å². The molecule has 0 aromatic rings. The van der Waals surface area contributed by atoms with Crippen LogP contribution in [-0.2, 0) is 0 Å². The molecule has 1 nitrogen and oxygen atoms in total. The summed E-state index contributed by atoms with van der Waals surface area (Å²) in [5.74, 6) is 0.509. The van der Waals surface area contributed by atoms with Gasteiger partial charge in [0.05, 0.1) is 0 Å². The predicted molar refractivity (Wildman–Crippen MR) is 55.7 cm³/mol. The first kappa shape index (κ1) is 11.0. The molecule has 0 rings (SSSR count). The average molecular weight is 165 g/mol. The lowest BCUT2D eigenvalue weighted by Crippen LogP contribution is -2.13. The van der Waals surface area contributed by atoms with Gasteiger partial charge in [0.25, 0.3) is 0 Å². The number of rotatable bonds is 4. The molecule has 0 atom stereocenters. The van der Waals surface area contributed by atoms with Gasteiger partial charge in [0.2, 0.25) is 0 Å². The van der Waals surface area contributed by atoms with E-state index in [2.05, 4.69) is 38.4 Å². The van der Waals surface area contributed by atoms with Crippen molar-refractivity contribution in [1.29, 1.82) is 0 Å². The third-order valence-corrected chi connectivity index (χ3v) is 1.65. The van der Waals surface area contributed by atoms with Crippen LogP contribution in [0.5, 0.6) is 0 Å². The van der Waals surface area contributed by atoms with Gasteiger partial charge in [0, 0.05) is 11.4 Å². The van der Waals surface area contributed by atoms with Crippen LogP contribution in [0, 0.1) is 5.92 Å². The second kappa shape index (κ2) is 4.81. The summed E-state index contributed by atoms with van der Waals surface area (Å²) in [6.07, 6.45) is 2.09. The number of hydrogen-bond acceptors (Lipinski definition) is 1. The first-order valence-electron chi connectivity index (χ1n) is 4.27. The predicted octanol–water partition coefficient (Wildman–Crippen LogP) is 3.23. The summed E-state index contributed by atoms with van der Waals surface area (Å²) in [5.41, 5.74) is 3.14. The van der Waals surface area contributed by atoms with Gasteiger partial charge in [0.15, 0.2) is 0 Å². The highest BCUT2D eigenvalue weighted by molar-refractivity contribution is 5.29. The van der Waals surface area contributed by atoms with Crippen LogP contribution in [0.2, 0.25) is 0 Å². The topological polar surface area (TPSA) is 12.0 Å². The molecular formula is C11H19N. The maximum Gasteiger partial charge on any atom is 0.0340 e. The van der Waals surface area contributed by atoms with Gasteiger partial charge in [-0.1, -0.05) is 33.1 Å². The van der Waals surface area contributed by atoms with Gasteiger partial charge in [-0.3, -0.25) is 0 Å². The van der Waals surface area contributed by atoms with Gasteiger partial charge in [-0.15, -0.1) is 0 Å². The van der Waals surface area contributed by atoms with E-state index in [1.165, 1.54) is 5.57 Å². The van der Waals surface area contributed by atoms with Crippen LogP contribution in [0.1, 0.15) is 27.7 Å². The van der Waals surface area contributed by atoms with Crippen LogP contribution in [0.15, 0.2) is 36.2 Å². The molecule has 0 fully saturated rings.